The molecule has 3 rings (SSSR count). The molecule has 2 aromatic carbocycles. The van der Waals surface area contributed by atoms with E-state index in [-0.39, 0.29) is 16.6 Å². The van der Waals surface area contributed by atoms with Crippen LogP contribution in [0.3, 0.4) is 0 Å². The van der Waals surface area contributed by atoms with E-state index in [0.29, 0.717) is 5.56 Å². The highest BCUT2D eigenvalue weighted by atomic mass is 35.5. The van der Waals surface area contributed by atoms with Crippen molar-refractivity contribution in [2.24, 2.45) is 0 Å². The van der Waals surface area contributed by atoms with Crippen LogP contribution >= 0.6 is 11.6 Å². The zero-order chi connectivity index (χ0) is 17.9. The molecule has 0 amide bonds. The van der Waals surface area contributed by atoms with Crippen LogP contribution in [-0.2, 0) is 0 Å². The molecule has 3 aromatic rings. The highest BCUT2D eigenvalue weighted by Crippen LogP contribution is 2.39. The van der Waals surface area contributed by atoms with Crippen molar-refractivity contribution in [3.8, 4) is 28.1 Å². The van der Waals surface area contributed by atoms with Gasteiger partial charge in [-0.2, -0.15) is 13.2 Å². The van der Waals surface area contributed by atoms with E-state index in [9.17, 15) is 13.2 Å². The van der Waals surface area contributed by atoms with Gasteiger partial charge in [-0.25, -0.2) is 0 Å². The van der Waals surface area contributed by atoms with Crippen LogP contribution in [-0.4, -0.2) is 28.2 Å². The molecule has 0 aliphatic rings. The standard InChI is InChI=1S/C17H11ClF3N3O/c18-15-14(16(23-24-22-15)25-10-17(19,20)21)13-9-5-4-8-12(13)11-6-2-1-3-7-11/h1-9H,10H2. The predicted molar refractivity (Wildman–Crippen MR) is 87.3 cm³/mol. The van der Waals surface area contributed by atoms with Gasteiger partial charge in [0.2, 0.25) is 5.88 Å². The van der Waals surface area contributed by atoms with Crippen LogP contribution in [0, 0.1) is 0 Å². The van der Waals surface area contributed by atoms with E-state index in [1.165, 1.54) is 0 Å². The number of rotatable bonds is 4. The second-order valence-corrected chi connectivity index (χ2v) is 5.43. The normalized spacial score (nSPS) is 11.4. The number of aromatic nitrogens is 3. The van der Waals surface area contributed by atoms with Gasteiger partial charge in [0.1, 0.15) is 0 Å². The summed E-state index contributed by atoms with van der Waals surface area (Å²) >= 11 is 6.10. The summed E-state index contributed by atoms with van der Waals surface area (Å²) in [6, 6.07) is 16.4. The van der Waals surface area contributed by atoms with Gasteiger partial charge in [0.25, 0.3) is 0 Å². The Labute approximate surface area is 146 Å². The fourth-order valence-corrected chi connectivity index (χ4v) is 2.56. The Morgan fingerprint density at radius 1 is 0.880 bits per heavy atom. The second kappa shape index (κ2) is 7.06. The molecule has 25 heavy (non-hydrogen) atoms. The largest absolute Gasteiger partial charge is 0.466 e. The Balaban J connectivity index is 2.12. The van der Waals surface area contributed by atoms with Crippen molar-refractivity contribution in [3.05, 3.63) is 59.8 Å². The van der Waals surface area contributed by atoms with Crippen LogP contribution in [0.25, 0.3) is 22.3 Å². The maximum absolute atomic E-state index is 12.5. The third-order valence-corrected chi connectivity index (χ3v) is 3.61. The van der Waals surface area contributed by atoms with E-state index >= 15 is 0 Å². The van der Waals surface area contributed by atoms with Crippen LogP contribution in [0.5, 0.6) is 5.88 Å². The highest BCUT2D eigenvalue weighted by Gasteiger charge is 2.30. The minimum atomic E-state index is -4.51. The van der Waals surface area contributed by atoms with Crippen LogP contribution in [0.1, 0.15) is 0 Å². The monoisotopic (exact) mass is 365 g/mol. The van der Waals surface area contributed by atoms with Crippen LogP contribution in [0.15, 0.2) is 54.6 Å². The summed E-state index contributed by atoms with van der Waals surface area (Å²) < 4.78 is 42.3. The van der Waals surface area contributed by atoms with Gasteiger partial charge in [0.15, 0.2) is 11.8 Å². The van der Waals surface area contributed by atoms with Gasteiger partial charge in [-0.1, -0.05) is 71.3 Å². The average Bonchev–Trinajstić information content (AvgIpc) is 2.60. The number of benzene rings is 2. The zero-order valence-electron chi connectivity index (χ0n) is 12.7. The molecule has 1 heterocycles. The minimum absolute atomic E-state index is 0.0874. The van der Waals surface area contributed by atoms with Gasteiger partial charge in [0, 0.05) is 0 Å². The van der Waals surface area contributed by atoms with Crippen molar-refractivity contribution in [3.63, 3.8) is 0 Å². The molecule has 0 unspecified atom stereocenters. The molecule has 0 fully saturated rings. The first-order valence-corrected chi connectivity index (χ1v) is 7.57. The van der Waals surface area contributed by atoms with Crippen molar-refractivity contribution in [2.45, 2.75) is 6.18 Å². The first-order chi connectivity index (χ1) is 12.0. The molecule has 0 N–H and O–H groups in total. The molecule has 0 atom stereocenters. The Morgan fingerprint density at radius 3 is 2.20 bits per heavy atom. The van der Waals surface area contributed by atoms with E-state index in [4.69, 9.17) is 16.3 Å². The number of ether oxygens (including phenoxy) is 1. The second-order valence-electron chi connectivity index (χ2n) is 5.08. The summed E-state index contributed by atoms with van der Waals surface area (Å²) in [5, 5.41) is 10.5. The fraction of sp³-hybridized carbons (Fsp3) is 0.118. The van der Waals surface area contributed by atoms with Gasteiger partial charge in [0.05, 0.1) is 5.56 Å². The number of hydrogen-bond donors (Lipinski definition) is 0. The van der Waals surface area contributed by atoms with E-state index in [1.807, 2.05) is 42.5 Å². The van der Waals surface area contributed by atoms with E-state index in [1.54, 1.807) is 12.1 Å². The molecule has 0 saturated carbocycles. The third-order valence-electron chi connectivity index (χ3n) is 3.34. The van der Waals surface area contributed by atoms with Crippen molar-refractivity contribution in [1.82, 2.24) is 15.4 Å². The third kappa shape index (κ3) is 4.06. The van der Waals surface area contributed by atoms with Crippen molar-refractivity contribution >= 4 is 11.6 Å². The molecule has 0 aliphatic carbocycles. The molecule has 0 bridgehead atoms. The molecule has 0 radical (unpaired) electrons. The number of nitrogens with zero attached hydrogens (tertiary/aromatic N) is 3. The quantitative estimate of drug-likeness (QED) is 0.666. The summed E-state index contributed by atoms with van der Waals surface area (Å²) in [5.41, 5.74) is 2.35. The Hall–Kier alpha value is -2.67. The van der Waals surface area contributed by atoms with Crippen LogP contribution in [0.2, 0.25) is 5.15 Å². The Morgan fingerprint density at radius 2 is 1.52 bits per heavy atom. The van der Waals surface area contributed by atoms with Gasteiger partial charge < -0.3 is 4.74 Å². The molecule has 8 heteroatoms. The zero-order valence-corrected chi connectivity index (χ0v) is 13.4. The lowest BCUT2D eigenvalue weighted by Crippen LogP contribution is -2.20. The summed E-state index contributed by atoms with van der Waals surface area (Å²) in [6.07, 6.45) is -4.51. The first kappa shape index (κ1) is 17.2. The molecule has 0 aliphatic heterocycles. The first-order valence-electron chi connectivity index (χ1n) is 7.19. The topological polar surface area (TPSA) is 47.9 Å². The van der Waals surface area contributed by atoms with E-state index in [2.05, 4.69) is 15.4 Å². The summed E-state index contributed by atoms with van der Waals surface area (Å²) in [5.74, 6) is -0.319. The molecule has 4 nitrogen and oxygen atoms in total. The highest BCUT2D eigenvalue weighted by molar-refractivity contribution is 6.32. The SMILES string of the molecule is FC(F)(F)COc1nnnc(Cl)c1-c1ccccc1-c1ccccc1. The van der Waals surface area contributed by atoms with Crippen molar-refractivity contribution in [2.75, 3.05) is 6.61 Å². The predicted octanol–water partition coefficient (Wildman–Crippen LogP) is 4.80. The van der Waals surface area contributed by atoms with Gasteiger partial charge in [-0.3, -0.25) is 0 Å². The summed E-state index contributed by atoms with van der Waals surface area (Å²) in [7, 11) is 0. The summed E-state index contributed by atoms with van der Waals surface area (Å²) in [4.78, 5) is 0. The van der Waals surface area contributed by atoms with E-state index < -0.39 is 12.8 Å². The van der Waals surface area contributed by atoms with Crippen LogP contribution < -0.4 is 4.74 Å². The molecule has 0 saturated heterocycles. The number of alkyl halides is 3. The Bertz CT molecular complexity index is 873. The molecule has 128 valence electrons. The lowest BCUT2D eigenvalue weighted by Gasteiger charge is -2.14. The lowest BCUT2D eigenvalue weighted by molar-refractivity contribution is -0.154. The molecule has 0 spiro atoms. The maximum Gasteiger partial charge on any atom is 0.422 e. The van der Waals surface area contributed by atoms with Gasteiger partial charge in [-0.15, -0.1) is 5.10 Å². The average molecular weight is 366 g/mol. The Kier molecular flexibility index (Phi) is 4.85. The minimum Gasteiger partial charge on any atom is -0.466 e. The molecule has 1 aromatic heterocycles. The maximum atomic E-state index is 12.5. The van der Waals surface area contributed by atoms with Crippen LogP contribution in [0.4, 0.5) is 13.2 Å². The van der Waals surface area contributed by atoms with Crippen molar-refractivity contribution in [1.29, 1.82) is 0 Å². The van der Waals surface area contributed by atoms with Gasteiger partial charge in [-0.05, 0) is 21.9 Å². The van der Waals surface area contributed by atoms with E-state index in [0.717, 1.165) is 11.1 Å². The fourth-order valence-electron chi connectivity index (χ4n) is 2.34. The lowest BCUT2D eigenvalue weighted by atomic mass is 9.96. The summed E-state index contributed by atoms with van der Waals surface area (Å²) in [6.45, 7) is -1.50. The smallest absolute Gasteiger partial charge is 0.422 e. The van der Waals surface area contributed by atoms with Crippen molar-refractivity contribution < 1.29 is 17.9 Å². The number of halogens is 4. The van der Waals surface area contributed by atoms with Gasteiger partial charge >= 0.3 is 6.18 Å². The number of hydrogen-bond acceptors (Lipinski definition) is 4. The molecular weight excluding hydrogens is 355 g/mol. The molecular formula is C17H11ClF3N3O.